The highest BCUT2D eigenvalue weighted by Gasteiger charge is 2.14. The molecule has 1 aliphatic carbocycles. The number of anilines is 1. The lowest BCUT2D eigenvalue weighted by Crippen LogP contribution is -2.36. The molecule has 0 saturated heterocycles. The Labute approximate surface area is 231 Å². The number of rotatable bonds is 11. The number of ether oxygens (including phenoxy) is 2. The molecule has 0 spiro atoms. The van der Waals surface area contributed by atoms with E-state index in [0.717, 1.165) is 12.0 Å². The number of nitrogens with one attached hydrogen (secondary N) is 3. The van der Waals surface area contributed by atoms with Crippen LogP contribution in [0.2, 0.25) is 0 Å². The average Bonchev–Trinajstić information content (AvgIpc) is 3.42. The van der Waals surface area contributed by atoms with Crippen LogP contribution in [0.4, 0.5) is 5.69 Å². The molecule has 11 nitrogen and oxygen atoms in total. The van der Waals surface area contributed by atoms with Crippen LogP contribution < -0.4 is 25.4 Å². The number of amides is 3. The average molecular weight is 543 g/mol. The van der Waals surface area contributed by atoms with Gasteiger partial charge in [-0.1, -0.05) is 47.7 Å². The number of methoxy groups -OCH3 is 2. The third-order valence-electron chi connectivity index (χ3n) is 5.91. The van der Waals surface area contributed by atoms with E-state index in [1.165, 1.54) is 17.9 Å². The quantitative estimate of drug-likeness (QED) is 0.317. The number of benzene rings is 2. The molecule has 0 bridgehead atoms. The van der Waals surface area contributed by atoms with Gasteiger partial charge in [-0.2, -0.15) is 0 Å². The van der Waals surface area contributed by atoms with E-state index in [0.29, 0.717) is 22.9 Å². The first kappa shape index (κ1) is 27.8. The van der Waals surface area contributed by atoms with Gasteiger partial charge in [-0.25, -0.2) is 4.68 Å². The summed E-state index contributed by atoms with van der Waals surface area (Å²) >= 11 is 0. The summed E-state index contributed by atoms with van der Waals surface area (Å²) < 4.78 is 11.9. The Balaban J connectivity index is 1.31. The van der Waals surface area contributed by atoms with Gasteiger partial charge in [-0.05, 0) is 42.3 Å². The van der Waals surface area contributed by atoms with E-state index in [4.69, 9.17) is 9.47 Å². The van der Waals surface area contributed by atoms with Gasteiger partial charge in [0.15, 0.2) is 11.5 Å². The van der Waals surface area contributed by atoms with Crippen molar-refractivity contribution in [3.05, 3.63) is 95.9 Å². The maximum Gasteiger partial charge on any atom is 0.253 e. The topological polar surface area (TPSA) is 136 Å². The number of nitrogens with zero attached hydrogens (tertiary/aromatic N) is 3. The molecular formula is C29H30N6O5. The minimum absolute atomic E-state index is 0.0146. The molecule has 11 heteroatoms. The Kier molecular flexibility index (Phi) is 9.44. The molecule has 1 unspecified atom stereocenters. The van der Waals surface area contributed by atoms with Gasteiger partial charge >= 0.3 is 0 Å². The minimum Gasteiger partial charge on any atom is -0.493 e. The van der Waals surface area contributed by atoms with Crippen molar-refractivity contribution in [1.29, 1.82) is 0 Å². The molecule has 4 rings (SSSR count). The van der Waals surface area contributed by atoms with Crippen molar-refractivity contribution in [1.82, 2.24) is 25.6 Å². The van der Waals surface area contributed by atoms with Crippen LogP contribution in [0.5, 0.6) is 11.5 Å². The van der Waals surface area contributed by atoms with Gasteiger partial charge in [0.05, 0.1) is 44.3 Å². The minimum atomic E-state index is -0.406. The van der Waals surface area contributed by atoms with Crippen LogP contribution in [0.15, 0.2) is 79.0 Å². The highest BCUT2D eigenvalue weighted by Crippen LogP contribution is 2.28. The summed E-state index contributed by atoms with van der Waals surface area (Å²) in [6.45, 7) is 0.110. The number of aromatic nitrogens is 3. The number of para-hydroxylation sites is 1. The predicted molar refractivity (Wildman–Crippen MR) is 150 cm³/mol. The van der Waals surface area contributed by atoms with E-state index < -0.39 is 11.8 Å². The van der Waals surface area contributed by atoms with Crippen molar-refractivity contribution in [3.8, 4) is 11.5 Å². The zero-order valence-corrected chi connectivity index (χ0v) is 22.2. The highest BCUT2D eigenvalue weighted by molar-refractivity contribution is 6.07. The van der Waals surface area contributed by atoms with Crippen LogP contribution in [0, 0.1) is 0 Å². The molecule has 1 aliphatic rings. The van der Waals surface area contributed by atoms with Crippen molar-refractivity contribution in [2.45, 2.75) is 25.6 Å². The van der Waals surface area contributed by atoms with E-state index in [2.05, 4.69) is 26.3 Å². The molecule has 3 aromatic rings. The Hall–Kier alpha value is -5.19. The normalized spacial score (nSPS) is 14.1. The summed E-state index contributed by atoms with van der Waals surface area (Å²) in [6, 6.07) is 11.9. The van der Waals surface area contributed by atoms with Crippen LogP contribution in [-0.4, -0.2) is 53.0 Å². The SMILES string of the molecule is COc1ccc(/C=C/C(=O)Nc2ccccc2C(=O)NCc2cn(CC(=O)NC3C=CC=CC3)nn2)cc1OC. The van der Waals surface area contributed by atoms with Crippen molar-refractivity contribution < 1.29 is 23.9 Å². The van der Waals surface area contributed by atoms with Gasteiger partial charge in [0.2, 0.25) is 11.8 Å². The fraction of sp³-hybridized carbons (Fsp3) is 0.207. The molecule has 0 saturated carbocycles. The lowest BCUT2D eigenvalue weighted by molar-refractivity contribution is -0.122. The number of carbonyl (C=O) groups excluding carboxylic acids is 3. The number of carbonyl (C=O) groups is 3. The first-order chi connectivity index (χ1) is 19.4. The molecule has 0 radical (unpaired) electrons. The second-order valence-corrected chi connectivity index (χ2v) is 8.80. The summed E-state index contributed by atoms with van der Waals surface area (Å²) in [7, 11) is 3.09. The smallest absolute Gasteiger partial charge is 0.253 e. The number of hydrogen-bond acceptors (Lipinski definition) is 7. The Morgan fingerprint density at radius 2 is 1.90 bits per heavy atom. The van der Waals surface area contributed by atoms with Gasteiger partial charge in [0.25, 0.3) is 5.91 Å². The summed E-state index contributed by atoms with van der Waals surface area (Å²) in [4.78, 5) is 37.8. The zero-order valence-electron chi connectivity index (χ0n) is 22.2. The predicted octanol–water partition coefficient (Wildman–Crippen LogP) is 2.88. The first-order valence-electron chi connectivity index (χ1n) is 12.5. The molecule has 0 fully saturated rings. The highest BCUT2D eigenvalue weighted by atomic mass is 16.5. The van der Waals surface area contributed by atoms with E-state index in [1.807, 2.05) is 24.3 Å². The summed E-state index contributed by atoms with van der Waals surface area (Å²) in [5, 5.41) is 16.4. The summed E-state index contributed by atoms with van der Waals surface area (Å²) in [6.07, 6.45) is 13.1. The van der Waals surface area contributed by atoms with E-state index in [1.54, 1.807) is 61.8 Å². The molecule has 1 aromatic heterocycles. The van der Waals surface area contributed by atoms with Gasteiger partial charge in [0.1, 0.15) is 12.2 Å². The van der Waals surface area contributed by atoms with E-state index in [-0.39, 0.29) is 30.6 Å². The molecular weight excluding hydrogens is 512 g/mol. The maximum absolute atomic E-state index is 12.9. The van der Waals surface area contributed by atoms with Gasteiger partial charge < -0.3 is 25.4 Å². The van der Waals surface area contributed by atoms with Gasteiger partial charge in [-0.3, -0.25) is 14.4 Å². The fourth-order valence-electron chi connectivity index (χ4n) is 3.94. The van der Waals surface area contributed by atoms with Gasteiger partial charge in [-0.15, -0.1) is 5.10 Å². The van der Waals surface area contributed by atoms with Crippen LogP contribution >= 0.6 is 0 Å². The second kappa shape index (κ2) is 13.6. The monoisotopic (exact) mass is 542 g/mol. The van der Waals surface area contributed by atoms with Crippen LogP contribution in [0.25, 0.3) is 6.08 Å². The largest absolute Gasteiger partial charge is 0.493 e. The maximum atomic E-state index is 12.9. The van der Waals surface area contributed by atoms with E-state index >= 15 is 0 Å². The summed E-state index contributed by atoms with van der Waals surface area (Å²) in [5.41, 5.74) is 1.87. The molecule has 3 N–H and O–H groups in total. The van der Waals surface area contributed by atoms with Crippen molar-refractivity contribution in [2.24, 2.45) is 0 Å². The molecule has 3 amide bonds. The third kappa shape index (κ3) is 7.67. The zero-order chi connectivity index (χ0) is 28.3. The number of allylic oxidation sites excluding steroid dienone is 2. The van der Waals surface area contributed by atoms with Crippen LogP contribution in [0.1, 0.15) is 28.0 Å². The molecule has 2 aromatic carbocycles. The lowest BCUT2D eigenvalue weighted by Gasteiger charge is -2.14. The molecule has 206 valence electrons. The molecule has 1 atom stereocenters. The number of hydrogen-bond donors (Lipinski definition) is 3. The Bertz CT molecular complexity index is 1460. The lowest BCUT2D eigenvalue weighted by atomic mass is 10.1. The molecule has 1 heterocycles. The van der Waals surface area contributed by atoms with Crippen molar-refractivity contribution in [3.63, 3.8) is 0 Å². The van der Waals surface area contributed by atoms with Crippen LogP contribution in [-0.2, 0) is 22.7 Å². The fourth-order valence-corrected chi connectivity index (χ4v) is 3.94. The summed E-state index contributed by atoms with van der Waals surface area (Å²) in [5.74, 6) is 0.141. The van der Waals surface area contributed by atoms with Crippen LogP contribution in [0.3, 0.4) is 0 Å². The Morgan fingerprint density at radius 1 is 1.07 bits per heavy atom. The Morgan fingerprint density at radius 3 is 2.67 bits per heavy atom. The van der Waals surface area contributed by atoms with Crippen molar-refractivity contribution in [2.75, 3.05) is 19.5 Å². The van der Waals surface area contributed by atoms with Crippen molar-refractivity contribution >= 4 is 29.5 Å². The van der Waals surface area contributed by atoms with E-state index in [9.17, 15) is 14.4 Å². The standard InChI is InChI=1S/C29H30N6O5/c1-39-25-14-12-20(16-26(25)40-2)13-15-27(36)32-24-11-7-6-10-23(24)29(38)30-17-22-18-35(34-33-22)19-28(37)31-21-8-4-3-5-9-21/h3-8,10-16,18,21H,9,17,19H2,1-2H3,(H,30,38)(H,31,37)(H,32,36)/b15-13+. The molecule has 0 aliphatic heterocycles. The molecule has 40 heavy (non-hydrogen) atoms. The first-order valence-corrected chi connectivity index (χ1v) is 12.5. The van der Waals surface area contributed by atoms with Gasteiger partial charge in [0, 0.05) is 6.08 Å². The third-order valence-corrected chi connectivity index (χ3v) is 5.91. The second-order valence-electron chi connectivity index (χ2n) is 8.80.